The fraction of sp³-hybridized carbons (Fsp3) is 0.600. The van der Waals surface area contributed by atoms with Gasteiger partial charge in [0.25, 0.3) is 0 Å². The van der Waals surface area contributed by atoms with Crippen LogP contribution in [0.2, 0.25) is 0 Å². The minimum atomic E-state index is 0.234. The lowest BCUT2D eigenvalue weighted by molar-refractivity contribution is 0.303. The lowest BCUT2D eigenvalue weighted by Crippen LogP contribution is -2.48. The molecule has 0 aliphatic carbocycles. The van der Waals surface area contributed by atoms with Gasteiger partial charge in [-0.3, -0.25) is 0 Å². The van der Waals surface area contributed by atoms with Gasteiger partial charge in [-0.15, -0.1) is 0 Å². The summed E-state index contributed by atoms with van der Waals surface area (Å²) >= 11 is 0. The van der Waals surface area contributed by atoms with Crippen molar-refractivity contribution in [3.8, 4) is 5.75 Å². The minimum absolute atomic E-state index is 0.234. The van der Waals surface area contributed by atoms with E-state index in [2.05, 4.69) is 60.4 Å². The van der Waals surface area contributed by atoms with E-state index in [1.165, 1.54) is 0 Å². The van der Waals surface area contributed by atoms with Crippen LogP contribution in [0.4, 0.5) is 0 Å². The van der Waals surface area contributed by atoms with E-state index in [9.17, 15) is 0 Å². The Morgan fingerprint density at radius 2 is 1.59 bits per heavy atom. The molecule has 0 aliphatic heterocycles. The summed E-state index contributed by atoms with van der Waals surface area (Å²) in [6.07, 6.45) is 4.09. The summed E-state index contributed by atoms with van der Waals surface area (Å²) in [5.74, 6) is 0.936. The van der Waals surface area contributed by atoms with Gasteiger partial charge in [-0.1, -0.05) is 44.2 Å². The lowest BCUT2D eigenvalue weighted by Gasteiger charge is -2.31. The highest BCUT2D eigenvalue weighted by atomic mass is 16.5. The third-order valence-corrected chi connectivity index (χ3v) is 2.64. The Morgan fingerprint density at radius 1 is 1.05 bits per heavy atom. The summed E-state index contributed by atoms with van der Waals surface area (Å²) in [5.41, 5.74) is 1.54. The zero-order valence-electron chi connectivity index (χ0n) is 15.6. The predicted molar refractivity (Wildman–Crippen MR) is 99.6 cm³/mol. The van der Waals surface area contributed by atoms with Crippen LogP contribution in [0.3, 0.4) is 0 Å². The van der Waals surface area contributed by atoms with Crippen molar-refractivity contribution in [3.05, 3.63) is 36.4 Å². The average molecular weight is 306 g/mol. The molecule has 22 heavy (non-hydrogen) atoms. The van der Waals surface area contributed by atoms with Crippen molar-refractivity contribution in [2.45, 2.75) is 72.4 Å². The largest absolute Gasteiger partial charge is 0.493 e. The van der Waals surface area contributed by atoms with Crippen molar-refractivity contribution < 1.29 is 4.74 Å². The molecule has 0 atom stereocenters. The van der Waals surface area contributed by atoms with Crippen LogP contribution in [0.15, 0.2) is 30.8 Å². The van der Waals surface area contributed by atoms with Crippen LogP contribution in [0.5, 0.6) is 5.75 Å². The second-order valence-electron chi connectivity index (χ2n) is 7.57. The SMILES string of the molecule is C=Cc1ccccc1OCCCC.CC(C)(C)NC(C)(C)C. The summed E-state index contributed by atoms with van der Waals surface area (Å²) in [6, 6.07) is 7.96. The van der Waals surface area contributed by atoms with Gasteiger partial charge in [-0.2, -0.15) is 0 Å². The normalized spacial score (nSPS) is 11.4. The van der Waals surface area contributed by atoms with Gasteiger partial charge in [-0.25, -0.2) is 0 Å². The summed E-state index contributed by atoms with van der Waals surface area (Å²) in [7, 11) is 0. The van der Waals surface area contributed by atoms with E-state index in [4.69, 9.17) is 4.74 Å². The highest BCUT2D eigenvalue weighted by Gasteiger charge is 2.18. The number of hydrogen-bond acceptors (Lipinski definition) is 2. The molecular formula is C20H35NO. The monoisotopic (exact) mass is 305 g/mol. The van der Waals surface area contributed by atoms with E-state index in [1.54, 1.807) is 0 Å². The fourth-order valence-corrected chi connectivity index (χ4v) is 2.23. The third kappa shape index (κ3) is 11.4. The van der Waals surface area contributed by atoms with Crippen molar-refractivity contribution in [1.29, 1.82) is 0 Å². The van der Waals surface area contributed by atoms with Crippen LogP contribution in [0, 0.1) is 0 Å². The van der Waals surface area contributed by atoms with Gasteiger partial charge in [0.2, 0.25) is 0 Å². The minimum Gasteiger partial charge on any atom is -0.493 e. The highest BCUT2D eigenvalue weighted by Crippen LogP contribution is 2.18. The maximum Gasteiger partial charge on any atom is 0.126 e. The molecular weight excluding hydrogens is 270 g/mol. The first-order valence-corrected chi connectivity index (χ1v) is 8.22. The van der Waals surface area contributed by atoms with Gasteiger partial charge in [0, 0.05) is 16.6 Å². The number of ether oxygens (including phenoxy) is 1. The zero-order chi connectivity index (χ0) is 17.2. The summed E-state index contributed by atoms with van der Waals surface area (Å²) in [6.45, 7) is 19.8. The molecule has 2 nitrogen and oxygen atoms in total. The number of nitrogens with one attached hydrogen (secondary N) is 1. The highest BCUT2D eigenvalue weighted by molar-refractivity contribution is 5.55. The number of rotatable bonds is 5. The van der Waals surface area contributed by atoms with Gasteiger partial charge >= 0.3 is 0 Å². The summed E-state index contributed by atoms with van der Waals surface area (Å²) in [4.78, 5) is 0. The maximum atomic E-state index is 5.60. The van der Waals surface area contributed by atoms with Crippen LogP contribution in [-0.2, 0) is 0 Å². The van der Waals surface area contributed by atoms with E-state index in [0.717, 1.165) is 30.8 Å². The van der Waals surface area contributed by atoms with Crippen molar-refractivity contribution in [3.63, 3.8) is 0 Å². The van der Waals surface area contributed by atoms with Gasteiger partial charge in [0.15, 0.2) is 0 Å². The first-order chi connectivity index (χ1) is 10.1. The Balaban J connectivity index is 0.000000433. The summed E-state index contributed by atoms with van der Waals surface area (Å²) in [5, 5.41) is 3.46. The molecule has 0 saturated heterocycles. The maximum absolute atomic E-state index is 5.60. The number of para-hydroxylation sites is 1. The van der Waals surface area contributed by atoms with E-state index in [1.807, 2.05) is 30.3 Å². The van der Waals surface area contributed by atoms with Crippen molar-refractivity contribution in [2.24, 2.45) is 0 Å². The molecule has 1 aromatic carbocycles. The molecule has 0 unspecified atom stereocenters. The molecule has 1 rings (SSSR count). The Morgan fingerprint density at radius 3 is 2.00 bits per heavy atom. The molecule has 126 valence electrons. The molecule has 0 radical (unpaired) electrons. The van der Waals surface area contributed by atoms with Gasteiger partial charge < -0.3 is 10.1 Å². The molecule has 0 spiro atoms. The van der Waals surface area contributed by atoms with E-state index >= 15 is 0 Å². The molecule has 0 fully saturated rings. The number of benzene rings is 1. The second-order valence-corrected chi connectivity index (χ2v) is 7.57. The quantitative estimate of drug-likeness (QED) is 0.706. The Bertz CT molecular complexity index is 412. The third-order valence-electron chi connectivity index (χ3n) is 2.64. The second kappa shape index (κ2) is 9.68. The smallest absolute Gasteiger partial charge is 0.126 e. The first kappa shape index (κ1) is 20.7. The molecule has 0 bridgehead atoms. The van der Waals surface area contributed by atoms with E-state index in [-0.39, 0.29) is 11.1 Å². The Hall–Kier alpha value is -1.28. The molecule has 0 aromatic heterocycles. The predicted octanol–water partition coefficient (Wildman–Crippen LogP) is 5.68. The van der Waals surface area contributed by atoms with E-state index < -0.39 is 0 Å². The van der Waals surface area contributed by atoms with Crippen LogP contribution < -0.4 is 10.1 Å². The van der Waals surface area contributed by atoms with Crippen molar-refractivity contribution >= 4 is 6.08 Å². The van der Waals surface area contributed by atoms with Gasteiger partial charge in [0.05, 0.1) is 6.61 Å². The molecule has 1 aromatic rings. The van der Waals surface area contributed by atoms with Crippen LogP contribution in [0.25, 0.3) is 6.08 Å². The van der Waals surface area contributed by atoms with Crippen LogP contribution in [-0.4, -0.2) is 17.7 Å². The van der Waals surface area contributed by atoms with Crippen LogP contribution in [0.1, 0.15) is 66.9 Å². The number of hydrogen-bond donors (Lipinski definition) is 1. The Labute approximate surface area is 138 Å². The first-order valence-electron chi connectivity index (χ1n) is 8.22. The zero-order valence-corrected chi connectivity index (χ0v) is 15.6. The van der Waals surface area contributed by atoms with Gasteiger partial charge in [-0.05, 0) is 54.0 Å². The van der Waals surface area contributed by atoms with Crippen molar-refractivity contribution in [2.75, 3.05) is 6.61 Å². The van der Waals surface area contributed by atoms with Crippen molar-refractivity contribution in [1.82, 2.24) is 5.32 Å². The summed E-state index contributed by atoms with van der Waals surface area (Å²) < 4.78 is 5.60. The lowest BCUT2D eigenvalue weighted by atomic mass is 10.0. The molecule has 0 saturated carbocycles. The standard InChI is InChI=1S/C12H16O.C8H19N/c1-3-5-10-13-12-9-7-6-8-11(12)4-2;1-7(2,3)9-8(4,5)6/h4,6-9H,2-3,5,10H2,1H3;9H,1-6H3. The molecule has 1 N–H and O–H groups in total. The molecule has 2 heteroatoms. The van der Waals surface area contributed by atoms with E-state index in [0.29, 0.717) is 0 Å². The number of unbranched alkanes of at least 4 members (excludes halogenated alkanes) is 1. The Kier molecular flexibility index (Phi) is 9.12. The van der Waals surface area contributed by atoms with Gasteiger partial charge in [0.1, 0.15) is 5.75 Å². The molecule has 0 amide bonds. The molecule has 0 heterocycles. The molecule has 0 aliphatic rings. The fourth-order valence-electron chi connectivity index (χ4n) is 2.23. The average Bonchev–Trinajstić information content (AvgIpc) is 2.36. The van der Waals surface area contributed by atoms with Crippen LogP contribution >= 0.6 is 0 Å². The topological polar surface area (TPSA) is 21.3 Å².